The Bertz CT molecular complexity index is 971. The standard InChI is InChI=1S/C19H16FN3O3S/c1-12-11-27-19(22-12)23-21-10-13-3-8-16(17(9-13)25-2)26-18(24)14-4-6-15(20)7-5-14/h3-11H,1-2H3,(H,22,23)/b21-10-. The molecule has 0 fully saturated rings. The van der Waals surface area contributed by atoms with Gasteiger partial charge in [-0.2, -0.15) is 5.10 Å². The summed E-state index contributed by atoms with van der Waals surface area (Å²) in [5.74, 6) is -0.392. The molecule has 0 aliphatic heterocycles. The molecule has 2 aromatic carbocycles. The van der Waals surface area contributed by atoms with Crippen LogP contribution in [0.25, 0.3) is 0 Å². The number of halogens is 1. The van der Waals surface area contributed by atoms with Crippen molar-refractivity contribution in [1.29, 1.82) is 0 Å². The molecule has 6 nitrogen and oxygen atoms in total. The predicted molar refractivity (Wildman–Crippen MR) is 102 cm³/mol. The summed E-state index contributed by atoms with van der Waals surface area (Å²) in [5, 5.41) is 6.74. The summed E-state index contributed by atoms with van der Waals surface area (Å²) in [6.45, 7) is 1.90. The Hall–Kier alpha value is -3.26. The first-order valence-electron chi connectivity index (χ1n) is 7.92. The van der Waals surface area contributed by atoms with Crippen molar-refractivity contribution >= 4 is 28.7 Å². The lowest BCUT2D eigenvalue weighted by molar-refractivity contribution is 0.0729. The van der Waals surface area contributed by atoms with E-state index < -0.39 is 11.8 Å². The topological polar surface area (TPSA) is 72.8 Å². The van der Waals surface area contributed by atoms with Crippen molar-refractivity contribution in [3.63, 3.8) is 0 Å². The molecule has 1 aromatic heterocycles. The molecular weight excluding hydrogens is 369 g/mol. The zero-order valence-corrected chi connectivity index (χ0v) is 15.4. The Balaban J connectivity index is 1.70. The Kier molecular flexibility index (Phi) is 5.77. The van der Waals surface area contributed by atoms with E-state index >= 15 is 0 Å². The minimum atomic E-state index is -0.601. The lowest BCUT2D eigenvalue weighted by atomic mass is 10.2. The Labute approximate surface area is 159 Å². The molecule has 3 rings (SSSR count). The predicted octanol–water partition coefficient (Wildman–Crippen LogP) is 4.26. The maximum absolute atomic E-state index is 13.0. The molecule has 0 bridgehead atoms. The van der Waals surface area contributed by atoms with Crippen molar-refractivity contribution in [2.45, 2.75) is 6.92 Å². The first kappa shape index (κ1) is 18.5. The molecule has 0 saturated carbocycles. The number of hydrazone groups is 1. The minimum absolute atomic E-state index is 0.243. The molecular formula is C19H16FN3O3S. The van der Waals surface area contributed by atoms with Gasteiger partial charge in [0.1, 0.15) is 5.82 Å². The smallest absolute Gasteiger partial charge is 0.343 e. The number of hydrogen-bond donors (Lipinski definition) is 1. The van der Waals surface area contributed by atoms with Crippen molar-refractivity contribution in [3.05, 3.63) is 70.5 Å². The third-order valence-corrected chi connectivity index (χ3v) is 4.33. The number of carbonyl (C=O) groups excluding carboxylic acids is 1. The molecule has 0 amide bonds. The molecule has 3 aromatic rings. The van der Waals surface area contributed by atoms with Crippen molar-refractivity contribution in [2.24, 2.45) is 5.10 Å². The highest BCUT2D eigenvalue weighted by Crippen LogP contribution is 2.28. The fourth-order valence-electron chi connectivity index (χ4n) is 2.16. The first-order valence-corrected chi connectivity index (χ1v) is 8.80. The second kappa shape index (κ2) is 8.41. The van der Waals surface area contributed by atoms with Gasteiger partial charge < -0.3 is 9.47 Å². The van der Waals surface area contributed by atoms with Crippen molar-refractivity contribution in [1.82, 2.24) is 4.98 Å². The van der Waals surface area contributed by atoms with Gasteiger partial charge in [0.15, 0.2) is 11.5 Å². The van der Waals surface area contributed by atoms with Gasteiger partial charge in [0.05, 0.1) is 24.6 Å². The molecule has 8 heteroatoms. The Morgan fingerprint density at radius 3 is 2.67 bits per heavy atom. The Morgan fingerprint density at radius 1 is 1.22 bits per heavy atom. The maximum atomic E-state index is 13.0. The third-order valence-electron chi connectivity index (χ3n) is 3.46. The van der Waals surface area contributed by atoms with E-state index in [9.17, 15) is 9.18 Å². The van der Waals surface area contributed by atoms with Gasteiger partial charge in [0, 0.05) is 5.38 Å². The molecule has 1 N–H and O–H groups in total. The molecule has 0 aliphatic rings. The Morgan fingerprint density at radius 2 is 2.00 bits per heavy atom. The number of thiazole rings is 1. The van der Waals surface area contributed by atoms with Gasteiger partial charge in [-0.1, -0.05) is 0 Å². The highest BCUT2D eigenvalue weighted by Gasteiger charge is 2.13. The van der Waals surface area contributed by atoms with Crippen LogP contribution < -0.4 is 14.9 Å². The zero-order chi connectivity index (χ0) is 19.2. The van der Waals surface area contributed by atoms with Gasteiger partial charge in [-0.15, -0.1) is 11.3 Å². The SMILES string of the molecule is COc1cc(/C=N\Nc2nc(C)cs2)ccc1OC(=O)c1ccc(F)cc1. The fourth-order valence-corrected chi connectivity index (χ4v) is 2.80. The van der Waals surface area contributed by atoms with E-state index in [0.29, 0.717) is 10.9 Å². The number of esters is 1. The van der Waals surface area contributed by atoms with Crippen molar-refractivity contribution in [3.8, 4) is 11.5 Å². The fraction of sp³-hybridized carbons (Fsp3) is 0.105. The van der Waals surface area contributed by atoms with E-state index in [-0.39, 0.29) is 11.3 Å². The van der Waals surface area contributed by atoms with Crippen LogP contribution in [0.4, 0.5) is 9.52 Å². The normalized spacial score (nSPS) is 10.8. The molecule has 0 radical (unpaired) electrons. The summed E-state index contributed by atoms with van der Waals surface area (Å²) in [4.78, 5) is 16.4. The van der Waals surface area contributed by atoms with Gasteiger partial charge in [-0.25, -0.2) is 14.2 Å². The summed E-state index contributed by atoms with van der Waals surface area (Å²) in [6, 6.07) is 10.1. The monoisotopic (exact) mass is 385 g/mol. The van der Waals surface area contributed by atoms with E-state index in [1.807, 2.05) is 12.3 Å². The number of nitrogens with zero attached hydrogens (tertiary/aromatic N) is 2. The third kappa shape index (κ3) is 4.89. The number of benzene rings is 2. The van der Waals surface area contributed by atoms with Crippen molar-refractivity contribution in [2.75, 3.05) is 12.5 Å². The van der Waals surface area contributed by atoms with E-state index in [0.717, 1.165) is 11.3 Å². The second-order valence-electron chi connectivity index (χ2n) is 5.47. The van der Waals surface area contributed by atoms with Gasteiger partial charge in [0.2, 0.25) is 5.13 Å². The largest absolute Gasteiger partial charge is 0.493 e. The highest BCUT2D eigenvalue weighted by molar-refractivity contribution is 7.13. The number of rotatable bonds is 6. The molecule has 1 heterocycles. The van der Waals surface area contributed by atoms with Gasteiger partial charge in [-0.05, 0) is 55.0 Å². The van der Waals surface area contributed by atoms with Gasteiger partial charge >= 0.3 is 5.97 Å². The summed E-state index contributed by atoms with van der Waals surface area (Å²) < 4.78 is 23.6. The average Bonchev–Trinajstić information content (AvgIpc) is 3.08. The van der Waals surface area contributed by atoms with Crippen LogP contribution in [-0.4, -0.2) is 24.3 Å². The van der Waals surface area contributed by atoms with E-state index in [1.54, 1.807) is 24.4 Å². The number of hydrogen-bond acceptors (Lipinski definition) is 7. The van der Waals surface area contributed by atoms with E-state index in [2.05, 4.69) is 15.5 Å². The highest BCUT2D eigenvalue weighted by atomic mass is 32.1. The summed E-state index contributed by atoms with van der Waals surface area (Å²) in [6.07, 6.45) is 1.60. The number of aryl methyl sites for hydroxylation is 1. The average molecular weight is 385 g/mol. The summed E-state index contributed by atoms with van der Waals surface area (Å²) in [7, 11) is 1.47. The van der Waals surface area contributed by atoms with E-state index in [4.69, 9.17) is 9.47 Å². The van der Waals surface area contributed by atoms with Crippen LogP contribution in [-0.2, 0) is 0 Å². The number of aromatic nitrogens is 1. The molecule has 0 spiro atoms. The molecule has 0 saturated heterocycles. The zero-order valence-electron chi connectivity index (χ0n) is 14.6. The molecule has 0 unspecified atom stereocenters. The van der Waals surface area contributed by atoms with Crippen LogP contribution in [0.2, 0.25) is 0 Å². The number of nitrogens with one attached hydrogen (secondary N) is 1. The van der Waals surface area contributed by atoms with E-state index in [1.165, 1.54) is 42.7 Å². The van der Waals surface area contributed by atoms with Crippen LogP contribution in [0.15, 0.2) is 52.9 Å². The summed E-state index contributed by atoms with van der Waals surface area (Å²) >= 11 is 1.46. The lowest BCUT2D eigenvalue weighted by Crippen LogP contribution is -2.09. The number of methoxy groups -OCH3 is 1. The number of ether oxygens (including phenoxy) is 2. The molecule has 0 aliphatic carbocycles. The minimum Gasteiger partial charge on any atom is -0.493 e. The van der Waals surface area contributed by atoms with Crippen molar-refractivity contribution < 1.29 is 18.7 Å². The first-order chi connectivity index (χ1) is 13.0. The molecule has 0 atom stereocenters. The van der Waals surface area contributed by atoms with Gasteiger partial charge in [-0.3, -0.25) is 5.43 Å². The van der Waals surface area contributed by atoms with Gasteiger partial charge in [0.25, 0.3) is 0 Å². The molecule has 138 valence electrons. The van der Waals surface area contributed by atoms with Crippen LogP contribution in [0.5, 0.6) is 11.5 Å². The molecule has 27 heavy (non-hydrogen) atoms. The summed E-state index contributed by atoms with van der Waals surface area (Å²) in [5.41, 5.74) is 4.75. The van der Waals surface area contributed by atoms with Crippen LogP contribution >= 0.6 is 11.3 Å². The number of carbonyl (C=O) groups is 1. The second-order valence-corrected chi connectivity index (χ2v) is 6.33. The van der Waals surface area contributed by atoms with Crippen LogP contribution in [0, 0.1) is 12.7 Å². The quantitative estimate of drug-likeness (QED) is 0.297. The number of anilines is 1. The lowest BCUT2D eigenvalue weighted by Gasteiger charge is -2.10. The maximum Gasteiger partial charge on any atom is 0.343 e. The van der Waals surface area contributed by atoms with Crippen LogP contribution in [0.1, 0.15) is 21.6 Å². The van der Waals surface area contributed by atoms with Crippen LogP contribution in [0.3, 0.4) is 0 Å².